The number of amides is 1. The third-order valence-electron chi connectivity index (χ3n) is 4.70. The smallest absolute Gasteiger partial charge is 0.244 e. The topological polar surface area (TPSA) is 66.5 Å². The van der Waals surface area contributed by atoms with Gasteiger partial charge in [-0.1, -0.05) is 42.8 Å². The number of carbonyl (C=O) groups is 1. The second kappa shape index (κ2) is 8.80. The Morgan fingerprint density at radius 1 is 1.18 bits per heavy atom. The summed E-state index contributed by atoms with van der Waals surface area (Å²) in [5.74, 6) is 0.00844. The van der Waals surface area contributed by atoms with Crippen molar-refractivity contribution in [2.24, 2.45) is 0 Å². The summed E-state index contributed by atoms with van der Waals surface area (Å²) in [6.07, 6.45) is 4.61. The lowest BCUT2D eigenvalue weighted by molar-refractivity contribution is -0.117. The van der Waals surface area contributed by atoms with Crippen LogP contribution in [0.2, 0.25) is 5.02 Å². The van der Waals surface area contributed by atoms with Crippen molar-refractivity contribution in [2.45, 2.75) is 25.8 Å². The average Bonchev–Trinajstić information content (AvgIpc) is 3.04. The molecular formula is C21H23ClN2O3S. The molecule has 1 heterocycles. The van der Waals surface area contributed by atoms with E-state index >= 15 is 0 Å². The molecule has 0 saturated carbocycles. The fourth-order valence-electron chi connectivity index (χ4n) is 3.19. The van der Waals surface area contributed by atoms with Crippen LogP contribution in [0.3, 0.4) is 0 Å². The number of benzene rings is 2. The Hall–Kier alpha value is -2.31. The van der Waals surface area contributed by atoms with Crippen LogP contribution in [-0.2, 0) is 14.8 Å². The predicted octanol–water partition coefficient (Wildman–Crippen LogP) is 4.16. The van der Waals surface area contributed by atoms with E-state index in [2.05, 4.69) is 5.32 Å². The van der Waals surface area contributed by atoms with Crippen molar-refractivity contribution in [3.63, 3.8) is 0 Å². The van der Waals surface area contributed by atoms with Gasteiger partial charge < -0.3 is 5.32 Å². The lowest BCUT2D eigenvalue weighted by atomic mass is 10.0. The highest BCUT2D eigenvalue weighted by Crippen LogP contribution is 2.24. The molecule has 28 heavy (non-hydrogen) atoms. The van der Waals surface area contributed by atoms with Crippen LogP contribution in [0.1, 0.15) is 36.9 Å². The zero-order chi connectivity index (χ0) is 20.1. The first kappa shape index (κ1) is 20.4. The number of rotatable bonds is 6. The van der Waals surface area contributed by atoms with Gasteiger partial charge in [-0.25, -0.2) is 8.42 Å². The first-order chi connectivity index (χ1) is 13.4. The van der Waals surface area contributed by atoms with Crippen molar-refractivity contribution in [1.82, 2.24) is 5.32 Å². The Labute approximate surface area is 171 Å². The molecule has 1 atom stereocenters. The van der Waals surface area contributed by atoms with Gasteiger partial charge in [-0.05, 0) is 54.3 Å². The zero-order valence-corrected chi connectivity index (χ0v) is 17.2. The van der Waals surface area contributed by atoms with E-state index in [1.807, 2.05) is 43.3 Å². The molecule has 1 N–H and O–H groups in total. The number of nitrogens with one attached hydrogen (secondary N) is 1. The summed E-state index contributed by atoms with van der Waals surface area (Å²) in [5, 5.41) is 3.65. The summed E-state index contributed by atoms with van der Waals surface area (Å²) in [6, 6.07) is 14.5. The van der Waals surface area contributed by atoms with Crippen molar-refractivity contribution < 1.29 is 13.2 Å². The van der Waals surface area contributed by atoms with Crippen molar-refractivity contribution in [2.75, 3.05) is 16.6 Å². The molecule has 2 aromatic carbocycles. The van der Waals surface area contributed by atoms with Gasteiger partial charge in [0, 0.05) is 17.6 Å². The minimum absolute atomic E-state index is 0.0860. The SMILES string of the molecule is CCC(NC(=O)/C=C/c1ccc(N2CCCS2(=O)=O)cc1)c1ccc(Cl)cc1. The number of nitrogens with zero attached hydrogens (tertiary/aromatic N) is 1. The number of carbonyl (C=O) groups excluding carboxylic acids is 1. The average molecular weight is 419 g/mol. The predicted molar refractivity (Wildman–Crippen MR) is 114 cm³/mol. The minimum atomic E-state index is -3.18. The third kappa shape index (κ3) is 4.94. The largest absolute Gasteiger partial charge is 0.346 e. The van der Waals surface area contributed by atoms with E-state index in [4.69, 9.17) is 11.6 Å². The fourth-order valence-corrected chi connectivity index (χ4v) is 4.88. The van der Waals surface area contributed by atoms with Gasteiger partial charge in [-0.15, -0.1) is 0 Å². The molecule has 1 fully saturated rings. The first-order valence-corrected chi connectivity index (χ1v) is 11.2. The molecule has 1 aliphatic heterocycles. The van der Waals surface area contributed by atoms with E-state index in [9.17, 15) is 13.2 Å². The van der Waals surface area contributed by atoms with Crippen LogP contribution in [0.15, 0.2) is 54.6 Å². The molecule has 3 rings (SSSR count). The third-order valence-corrected chi connectivity index (χ3v) is 6.83. The standard InChI is InChI=1S/C21H23ClN2O3S/c1-2-20(17-7-9-18(22)10-8-17)23-21(25)13-6-16-4-11-19(12-5-16)24-14-3-15-28(24,26)27/h4-13,20H,2-3,14-15H2,1H3,(H,23,25)/b13-6+. The summed E-state index contributed by atoms with van der Waals surface area (Å²) >= 11 is 5.92. The lowest BCUT2D eigenvalue weighted by Gasteiger charge is -2.17. The van der Waals surface area contributed by atoms with Crippen LogP contribution >= 0.6 is 11.6 Å². The number of hydrogen-bond acceptors (Lipinski definition) is 3. The Bertz CT molecular complexity index is 954. The monoisotopic (exact) mass is 418 g/mol. The number of sulfonamides is 1. The van der Waals surface area contributed by atoms with E-state index in [-0.39, 0.29) is 17.7 Å². The van der Waals surface area contributed by atoms with Crippen molar-refractivity contribution in [3.8, 4) is 0 Å². The molecule has 5 nitrogen and oxygen atoms in total. The highest BCUT2D eigenvalue weighted by Gasteiger charge is 2.28. The molecule has 148 valence electrons. The molecular weight excluding hydrogens is 396 g/mol. The Balaban J connectivity index is 1.62. The maximum absolute atomic E-state index is 12.3. The molecule has 0 aromatic heterocycles. The molecule has 0 aliphatic carbocycles. The molecule has 1 amide bonds. The van der Waals surface area contributed by atoms with Gasteiger partial charge in [-0.3, -0.25) is 9.10 Å². The van der Waals surface area contributed by atoms with Gasteiger partial charge in [-0.2, -0.15) is 0 Å². The van der Waals surface area contributed by atoms with Gasteiger partial charge in [0.25, 0.3) is 0 Å². The maximum atomic E-state index is 12.3. The molecule has 0 radical (unpaired) electrons. The molecule has 2 aromatic rings. The molecule has 0 bridgehead atoms. The highest BCUT2D eigenvalue weighted by atomic mass is 35.5. The second-order valence-electron chi connectivity index (χ2n) is 6.69. The van der Waals surface area contributed by atoms with Crippen LogP contribution in [0.5, 0.6) is 0 Å². The van der Waals surface area contributed by atoms with Crippen molar-refractivity contribution >= 4 is 39.3 Å². The Kier molecular flexibility index (Phi) is 6.42. The van der Waals surface area contributed by atoms with Crippen LogP contribution in [0.25, 0.3) is 6.08 Å². The van der Waals surface area contributed by atoms with Crippen LogP contribution in [0.4, 0.5) is 5.69 Å². The van der Waals surface area contributed by atoms with E-state index in [0.717, 1.165) is 17.5 Å². The summed E-state index contributed by atoms with van der Waals surface area (Å²) in [6.45, 7) is 2.53. The second-order valence-corrected chi connectivity index (χ2v) is 9.14. The molecule has 7 heteroatoms. The minimum Gasteiger partial charge on any atom is -0.346 e. The summed E-state index contributed by atoms with van der Waals surface area (Å²) in [7, 11) is -3.18. The van der Waals surface area contributed by atoms with E-state index in [1.165, 1.54) is 10.4 Å². The van der Waals surface area contributed by atoms with E-state index < -0.39 is 10.0 Å². The lowest BCUT2D eigenvalue weighted by Crippen LogP contribution is -2.26. The summed E-state index contributed by atoms with van der Waals surface area (Å²) in [5.41, 5.74) is 2.49. The van der Waals surface area contributed by atoms with E-state index in [1.54, 1.807) is 18.2 Å². The first-order valence-electron chi connectivity index (χ1n) is 9.23. The van der Waals surface area contributed by atoms with Gasteiger partial charge in [0.15, 0.2) is 0 Å². The van der Waals surface area contributed by atoms with Crippen LogP contribution in [-0.4, -0.2) is 26.6 Å². The number of hydrogen-bond donors (Lipinski definition) is 1. The molecule has 0 spiro atoms. The Morgan fingerprint density at radius 2 is 1.86 bits per heavy atom. The van der Waals surface area contributed by atoms with Crippen LogP contribution in [0, 0.1) is 0 Å². The number of anilines is 1. The summed E-state index contributed by atoms with van der Waals surface area (Å²) in [4.78, 5) is 12.3. The highest BCUT2D eigenvalue weighted by molar-refractivity contribution is 7.93. The number of halogens is 1. The van der Waals surface area contributed by atoms with Gasteiger partial charge in [0.1, 0.15) is 0 Å². The molecule has 1 aliphatic rings. The van der Waals surface area contributed by atoms with Crippen molar-refractivity contribution in [3.05, 3.63) is 70.8 Å². The van der Waals surface area contributed by atoms with Gasteiger partial charge in [0.2, 0.25) is 15.9 Å². The van der Waals surface area contributed by atoms with E-state index in [0.29, 0.717) is 23.7 Å². The molecule has 1 saturated heterocycles. The maximum Gasteiger partial charge on any atom is 0.244 e. The quantitative estimate of drug-likeness (QED) is 0.716. The normalized spacial score (nSPS) is 17.0. The summed E-state index contributed by atoms with van der Waals surface area (Å²) < 4.78 is 25.4. The van der Waals surface area contributed by atoms with Crippen molar-refractivity contribution in [1.29, 1.82) is 0 Å². The zero-order valence-electron chi connectivity index (χ0n) is 15.6. The van der Waals surface area contributed by atoms with Crippen LogP contribution < -0.4 is 9.62 Å². The molecule has 1 unspecified atom stereocenters. The van der Waals surface area contributed by atoms with Gasteiger partial charge in [0.05, 0.1) is 17.5 Å². The van der Waals surface area contributed by atoms with Gasteiger partial charge >= 0.3 is 0 Å². The fraction of sp³-hybridized carbons (Fsp3) is 0.286. The Morgan fingerprint density at radius 3 is 2.43 bits per heavy atom.